The van der Waals surface area contributed by atoms with Gasteiger partial charge in [-0.1, -0.05) is 12.8 Å². The molecule has 0 bridgehead atoms. The Morgan fingerprint density at radius 3 is 2.69 bits per heavy atom. The van der Waals surface area contributed by atoms with Crippen molar-refractivity contribution in [2.24, 2.45) is 5.10 Å². The zero-order chi connectivity index (χ0) is 22.3. The lowest BCUT2D eigenvalue weighted by Gasteiger charge is -2.43. The third kappa shape index (κ3) is 5.94. The Labute approximate surface area is 192 Å². The number of likely N-dealkylation sites (N-methyl/N-ethyl adjacent to an activating group) is 2. The van der Waals surface area contributed by atoms with Gasteiger partial charge >= 0.3 is 0 Å². The highest BCUT2D eigenvalue weighted by atomic mass is 16.5. The number of hydrazone groups is 1. The molecular weight excluding hydrogens is 402 g/mol. The third-order valence-corrected chi connectivity index (χ3v) is 6.33. The summed E-state index contributed by atoms with van der Waals surface area (Å²) in [6.07, 6.45) is 6.20. The molecule has 32 heavy (non-hydrogen) atoms. The Bertz CT molecular complexity index is 799. The molecule has 2 heterocycles. The lowest BCUT2D eigenvalue weighted by atomic mass is 10.1. The van der Waals surface area contributed by atoms with Crippen LogP contribution < -0.4 is 20.8 Å². The number of hydrogen-bond acceptors (Lipinski definition) is 8. The van der Waals surface area contributed by atoms with Gasteiger partial charge < -0.3 is 25.2 Å². The molecule has 0 radical (unpaired) electrons. The van der Waals surface area contributed by atoms with Crippen LogP contribution in [0.4, 0.5) is 0 Å². The Balaban J connectivity index is 1.27. The highest BCUT2D eigenvalue weighted by Crippen LogP contribution is 2.29. The molecule has 1 fully saturated rings. The minimum Gasteiger partial charge on any atom is -0.494 e. The standard InChI is InChI=1S/C24H39N7O/c1-29(2)15-14-25-13-6-16-32-21-11-9-19(10-12-21)23-26-22-17-30(3)18-31(24(22)28-27-23)20-7-4-5-8-20/h9-12,20,25,28H,4-8,13-18H2,1-3H3,(H,26,27). The van der Waals surface area contributed by atoms with Crippen molar-refractivity contribution >= 4 is 5.84 Å². The number of hydrogen-bond donors (Lipinski definition) is 3. The van der Waals surface area contributed by atoms with Gasteiger partial charge in [-0.25, -0.2) is 0 Å². The molecule has 1 saturated carbocycles. The van der Waals surface area contributed by atoms with E-state index < -0.39 is 0 Å². The van der Waals surface area contributed by atoms with E-state index in [4.69, 9.17) is 4.74 Å². The fourth-order valence-electron chi connectivity index (χ4n) is 4.58. The summed E-state index contributed by atoms with van der Waals surface area (Å²) in [6.45, 7) is 5.62. The molecule has 0 spiro atoms. The second-order valence-electron chi connectivity index (χ2n) is 9.37. The van der Waals surface area contributed by atoms with Crippen LogP contribution in [-0.4, -0.2) is 87.2 Å². The monoisotopic (exact) mass is 441 g/mol. The molecule has 176 valence electrons. The Morgan fingerprint density at radius 2 is 1.94 bits per heavy atom. The van der Waals surface area contributed by atoms with E-state index in [9.17, 15) is 0 Å². The minimum atomic E-state index is 0.619. The maximum Gasteiger partial charge on any atom is 0.157 e. The number of ether oxygens (including phenoxy) is 1. The first-order valence-corrected chi connectivity index (χ1v) is 12.0. The van der Waals surface area contributed by atoms with Crippen LogP contribution in [0, 0.1) is 0 Å². The summed E-state index contributed by atoms with van der Waals surface area (Å²) in [5.41, 5.74) is 5.62. The van der Waals surface area contributed by atoms with Gasteiger partial charge in [0, 0.05) is 31.2 Å². The Hall–Kier alpha value is -2.29. The molecule has 3 N–H and O–H groups in total. The van der Waals surface area contributed by atoms with Gasteiger partial charge in [-0.05, 0) is 71.2 Å². The van der Waals surface area contributed by atoms with Crippen molar-refractivity contribution in [2.75, 3.05) is 60.6 Å². The largest absolute Gasteiger partial charge is 0.494 e. The van der Waals surface area contributed by atoms with Crippen LogP contribution in [0.3, 0.4) is 0 Å². The molecule has 8 nitrogen and oxygen atoms in total. The van der Waals surface area contributed by atoms with Crippen LogP contribution in [0.5, 0.6) is 5.75 Å². The van der Waals surface area contributed by atoms with E-state index in [-0.39, 0.29) is 0 Å². The molecule has 1 aromatic rings. The molecule has 0 aromatic heterocycles. The van der Waals surface area contributed by atoms with Crippen molar-refractivity contribution in [1.82, 2.24) is 30.8 Å². The fraction of sp³-hybridized carbons (Fsp3) is 0.625. The first-order valence-electron chi connectivity index (χ1n) is 12.0. The van der Waals surface area contributed by atoms with Crippen molar-refractivity contribution in [2.45, 2.75) is 38.1 Å². The highest BCUT2D eigenvalue weighted by Gasteiger charge is 2.32. The molecule has 0 amide bonds. The summed E-state index contributed by atoms with van der Waals surface area (Å²) in [7, 11) is 6.36. The minimum absolute atomic E-state index is 0.619. The van der Waals surface area contributed by atoms with Crippen LogP contribution >= 0.6 is 0 Å². The fourth-order valence-corrected chi connectivity index (χ4v) is 4.58. The average Bonchev–Trinajstić information content (AvgIpc) is 3.32. The SMILES string of the molecule is CN(C)CCNCCCOc1ccc(C2=NNC3=C(CN(C)CN3C3CCCC3)N2)cc1. The molecule has 0 saturated heterocycles. The first-order chi connectivity index (χ1) is 15.6. The molecule has 8 heteroatoms. The average molecular weight is 442 g/mol. The van der Waals surface area contributed by atoms with Crippen molar-refractivity contribution < 1.29 is 4.74 Å². The lowest BCUT2D eigenvalue weighted by molar-refractivity contribution is 0.119. The molecule has 1 aromatic carbocycles. The number of nitrogens with zero attached hydrogens (tertiary/aromatic N) is 4. The first kappa shape index (κ1) is 22.9. The number of rotatable bonds is 10. The van der Waals surface area contributed by atoms with Gasteiger partial charge in [0.1, 0.15) is 11.6 Å². The van der Waals surface area contributed by atoms with Gasteiger partial charge in [-0.2, -0.15) is 5.10 Å². The van der Waals surface area contributed by atoms with Crippen molar-refractivity contribution in [3.63, 3.8) is 0 Å². The lowest BCUT2D eigenvalue weighted by Crippen LogP contribution is -2.53. The summed E-state index contributed by atoms with van der Waals surface area (Å²) in [5, 5.41) is 11.7. The predicted molar refractivity (Wildman–Crippen MR) is 129 cm³/mol. The summed E-state index contributed by atoms with van der Waals surface area (Å²) in [4.78, 5) is 7.04. The van der Waals surface area contributed by atoms with E-state index in [1.54, 1.807) is 0 Å². The number of nitrogens with one attached hydrogen (secondary N) is 3. The van der Waals surface area contributed by atoms with Crippen molar-refractivity contribution in [1.29, 1.82) is 0 Å². The van der Waals surface area contributed by atoms with Crippen LogP contribution in [-0.2, 0) is 0 Å². The topological polar surface area (TPSA) is 67.4 Å². The highest BCUT2D eigenvalue weighted by molar-refractivity contribution is 6.00. The Kier molecular flexibility index (Phi) is 7.89. The predicted octanol–water partition coefficient (Wildman–Crippen LogP) is 1.78. The van der Waals surface area contributed by atoms with E-state index in [0.29, 0.717) is 12.6 Å². The second-order valence-corrected chi connectivity index (χ2v) is 9.37. The smallest absolute Gasteiger partial charge is 0.157 e. The van der Waals surface area contributed by atoms with E-state index in [1.807, 2.05) is 12.1 Å². The maximum absolute atomic E-state index is 5.90. The number of benzene rings is 1. The zero-order valence-corrected chi connectivity index (χ0v) is 19.9. The van der Waals surface area contributed by atoms with Crippen LogP contribution in [0.1, 0.15) is 37.7 Å². The van der Waals surface area contributed by atoms with Gasteiger partial charge in [-0.3, -0.25) is 10.3 Å². The van der Waals surface area contributed by atoms with Crippen LogP contribution in [0.15, 0.2) is 40.9 Å². The van der Waals surface area contributed by atoms with Gasteiger partial charge in [0.05, 0.1) is 19.0 Å². The van der Waals surface area contributed by atoms with Gasteiger partial charge in [0.15, 0.2) is 5.84 Å². The molecular formula is C24H39N7O. The quantitative estimate of drug-likeness (QED) is 0.478. The van der Waals surface area contributed by atoms with Crippen molar-refractivity contribution in [3.05, 3.63) is 41.3 Å². The summed E-state index contributed by atoms with van der Waals surface area (Å²) in [5.74, 6) is 2.91. The normalized spacial score (nSPS) is 19.6. The molecule has 0 atom stereocenters. The van der Waals surface area contributed by atoms with Crippen molar-refractivity contribution in [3.8, 4) is 5.75 Å². The number of amidine groups is 1. The van der Waals surface area contributed by atoms with E-state index >= 15 is 0 Å². The summed E-state index contributed by atoms with van der Waals surface area (Å²) >= 11 is 0. The molecule has 4 rings (SSSR count). The van der Waals surface area contributed by atoms with Gasteiger partial charge in [0.2, 0.25) is 0 Å². The summed E-state index contributed by atoms with van der Waals surface area (Å²) in [6, 6.07) is 8.82. The van der Waals surface area contributed by atoms with E-state index in [2.05, 4.69) is 69.1 Å². The van der Waals surface area contributed by atoms with Crippen LogP contribution in [0.2, 0.25) is 0 Å². The molecule has 0 unspecified atom stereocenters. The third-order valence-electron chi connectivity index (χ3n) is 6.33. The zero-order valence-electron chi connectivity index (χ0n) is 19.9. The molecule has 3 aliphatic rings. The van der Waals surface area contributed by atoms with E-state index in [1.165, 1.54) is 31.4 Å². The summed E-state index contributed by atoms with van der Waals surface area (Å²) < 4.78 is 5.90. The molecule has 1 aliphatic carbocycles. The second kappa shape index (κ2) is 11.0. The molecule has 2 aliphatic heterocycles. The van der Waals surface area contributed by atoms with Gasteiger partial charge in [-0.15, -0.1) is 0 Å². The Morgan fingerprint density at radius 1 is 1.16 bits per heavy atom. The van der Waals surface area contributed by atoms with E-state index in [0.717, 1.165) is 62.2 Å². The maximum atomic E-state index is 5.90. The van der Waals surface area contributed by atoms with Crippen LogP contribution in [0.25, 0.3) is 0 Å². The van der Waals surface area contributed by atoms with Gasteiger partial charge in [0.25, 0.3) is 0 Å².